The second-order valence-electron chi connectivity index (χ2n) is 7.08. The Morgan fingerprint density at radius 3 is 2.52 bits per heavy atom. The molecule has 9 heteroatoms. The molecule has 1 aliphatic rings. The van der Waals surface area contributed by atoms with Gasteiger partial charge in [-0.2, -0.15) is 4.31 Å². The molecule has 0 saturated heterocycles. The molecule has 31 heavy (non-hydrogen) atoms. The van der Waals surface area contributed by atoms with Gasteiger partial charge < -0.3 is 5.32 Å². The molecule has 1 amide bonds. The summed E-state index contributed by atoms with van der Waals surface area (Å²) in [7, 11) is -3.90. The second-order valence-corrected chi connectivity index (χ2v) is 9.42. The summed E-state index contributed by atoms with van der Waals surface area (Å²) in [5.74, 6) is -2.42. The van der Waals surface area contributed by atoms with Crippen LogP contribution in [0.4, 0.5) is 14.5 Å². The summed E-state index contributed by atoms with van der Waals surface area (Å²) in [6, 6.07) is 14.0. The monoisotopic (exact) mass is 462 g/mol. The van der Waals surface area contributed by atoms with E-state index in [2.05, 4.69) is 5.32 Å². The van der Waals surface area contributed by atoms with Gasteiger partial charge in [-0.05, 0) is 47.9 Å². The molecule has 3 aromatic carbocycles. The van der Waals surface area contributed by atoms with Crippen LogP contribution in [0.15, 0.2) is 65.6 Å². The lowest BCUT2D eigenvalue weighted by atomic mass is 10.0. The van der Waals surface area contributed by atoms with Gasteiger partial charge in [0.25, 0.3) is 5.91 Å². The number of benzene rings is 3. The van der Waals surface area contributed by atoms with Crippen LogP contribution in [0.3, 0.4) is 0 Å². The first-order valence-electron chi connectivity index (χ1n) is 9.38. The number of amides is 1. The number of sulfonamides is 1. The maximum Gasteiger partial charge on any atom is 0.257 e. The highest BCUT2D eigenvalue weighted by Gasteiger charge is 2.29. The smallest absolute Gasteiger partial charge is 0.257 e. The summed E-state index contributed by atoms with van der Waals surface area (Å²) in [5.41, 5.74) is 1.49. The number of halogens is 3. The van der Waals surface area contributed by atoms with Crippen LogP contribution >= 0.6 is 11.6 Å². The number of anilines is 1. The maximum absolute atomic E-state index is 13.9. The number of rotatable bonds is 4. The molecule has 1 heterocycles. The Balaban J connectivity index is 1.63. The number of carbonyl (C=O) groups is 1. The molecule has 0 unspecified atom stereocenters. The van der Waals surface area contributed by atoms with E-state index in [9.17, 15) is 22.0 Å². The summed E-state index contributed by atoms with van der Waals surface area (Å²) in [6.45, 7) is 0.523. The first-order valence-corrected chi connectivity index (χ1v) is 11.2. The summed E-state index contributed by atoms with van der Waals surface area (Å²) in [4.78, 5) is 12.5. The average Bonchev–Trinajstić information content (AvgIpc) is 2.76. The van der Waals surface area contributed by atoms with Crippen LogP contribution in [-0.2, 0) is 23.0 Å². The van der Waals surface area contributed by atoms with Crippen LogP contribution in [0, 0.1) is 11.6 Å². The Bertz CT molecular complexity index is 1280. The Kier molecular flexibility index (Phi) is 5.79. The lowest BCUT2D eigenvalue weighted by Crippen LogP contribution is -2.36. The van der Waals surface area contributed by atoms with E-state index in [0.717, 1.165) is 35.4 Å². The Labute approximate surface area is 183 Å². The largest absolute Gasteiger partial charge is 0.319 e. The summed E-state index contributed by atoms with van der Waals surface area (Å²) >= 11 is 6.09. The van der Waals surface area contributed by atoms with Gasteiger partial charge in [0, 0.05) is 19.2 Å². The molecular formula is C22H17ClF2N2O3S. The van der Waals surface area contributed by atoms with Crippen LogP contribution in [0.5, 0.6) is 0 Å². The van der Waals surface area contributed by atoms with Crippen molar-refractivity contribution in [2.24, 2.45) is 0 Å². The van der Waals surface area contributed by atoms with Crippen LogP contribution in [0.2, 0.25) is 5.02 Å². The molecule has 3 aromatic rings. The fourth-order valence-corrected chi connectivity index (χ4v) is 5.09. The SMILES string of the molecule is O=C(Nc1cc(F)ccc1F)c1cc(S(=O)(=O)N2CCc3ccccc3C2)ccc1Cl. The third-order valence-electron chi connectivity index (χ3n) is 5.09. The van der Waals surface area contributed by atoms with Crippen molar-refractivity contribution in [2.45, 2.75) is 17.9 Å². The second kappa shape index (κ2) is 8.37. The molecule has 0 saturated carbocycles. The summed E-state index contributed by atoms with van der Waals surface area (Å²) in [6.07, 6.45) is 0.579. The average molecular weight is 463 g/mol. The van der Waals surface area contributed by atoms with E-state index in [1.165, 1.54) is 16.4 Å². The van der Waals surface area contributed by atoms with Crippen molar-refractivity contribution < 1.29 is 22.0 Å². The van der Waals surface area contributed by atoms with Gasteiger partial charge in [-0.15, -0.1) is 0 Å². The summed E-state index contributed by atoms with van der Waals surface area (Å²) < 4.78 is 54.9. The van der Waals surface area contributed by atoms with E-state index in [1.807, 2.05) is 24.3 Å². The molecule has 5 nitrogen and oxygen atoms in total. The molecule has 160 valence electrons. The zero-order valence-electron chi connectivity index (χ0n) is 16.1. The van der Waals surface area contributed by atoms with Crippen LogP contribution in [0.1, 0.15) is 21.5 Å². The molecule has 1 N–H and O–H groups in total. The number of hydrogen-bond acceptors (Lipinski definition) is 3. The van der Waals surface area contributed by atoms with Gasteiger partial charge in [-0.1, -0.05) is 35.9 Å². The lowest BCUT2D eigenvalue weighted by molar-refractivity contribution is 0.102. The quantitative estimate of drug-likeness (QED) is 0.615. The molecular weight excluding hydrogens is 446 g/mol. The van der Waals surface area contributed by atoms with Crippen molar-refractivity contribution in [1.29, 1.82) is 0 Å². The molecule has 0 spiro atoms. The van der Waals surface area contributed by atoms with Crippen molar-refractivity contribution >= 4 is 33.2 Å². The van der Waals surface area contributed by atoms with Crippen molar-refractivity contribution in [1.82, 2.24) is 4.31 Å². The van der Waals surface area contributed by atoms with Crippen LogP contribution in [-0.4, -0.2) is 25.2 Å². The van der Waals surface area contributed by atoms with Gasteiger partial charge in [0.05, 0.1) is 21.2 Å². The highest BCUT2D eigenvalue weighted by Crippen LogP contribution is 2.28. The van der Waals surface area contributed by atoms with Crippen molar-refractivity contribution in [2.75, 3.05) is 11.9 Å². The minimum absolute atomic E-state index is 0.0164. The van der Waals surface area contributed by atoms with Gasteiger partial charge in [0.15, 0.2) is 0 Å². The van der Waals surface area contributed by atoms with Gasteiger partial charge >= 0.3 is 0 Å². The molecule has 0 radical (unpaired) electrons. The number of nitrogens with zero attached hydrogens (tertiary/aromatic N) is 1. The van der Waals surface area contributed by atoms with Crippen molar-refractivity contribution in [3.05, 3.63) is 94.0 Å². The van der Waals surface area contributed by atoms with E-state index in [1.54, 1.807) is 0 Å². The molecule has 0 fully saturated rings. The number of hydrogen-bond donors (Lipinski definition) is 1. The van der Waals surface area contributed by atoms with Gasteiger partial charge in [0.2, 0.25) is 10.0 Å². The highest BCUT2D eigenvalue weighted by molar-refractivity contribution is 7.89. The first kappa shape index (κ1) is 21.4. The predicted molar refractivity (Wildman–Crippen MR) is 114 cm³/mol. The van der Waals surface area contributed by atoms with Crippen LogP contribution < -0.4 is 5.32 Å². The maximum atomic E-state index is 13.9. The molecule has 0 aromatic heterocycles. The zero-order valence-corrected chi connectivity index (χ0v) is 17.7. The van der Waals surface area contributed by atoms with E-state index in [-0.39, 0.29) is 27.7 Å². The molecule has 0 aliphatic carbocycles. The summed E-state index contributed by atoms with van der Waals surface area (Å²) in [5, 5.41) is 2.22. The molecule has 0 atom stereocenters. The van der Waals surface area contributed by atoms with Crippen LogP contribution in [0.25, 0.3) is 0 Å². The molecule has 0 bridgehead atoms. The van der Waals surface area contributed by atoms with Gasteiger partial charge in [-0.3, -0.25) is 4.79 Å². The minimum atomic E-state index is -3.90. The standard InChI is InChI=1S/C22H17ClF2N2O3S/c23-19-7-6-17(12-18(19)22(28)26-21-11-16(24)5-8-20(21)25)31(29,30)27-10-9-14-3-1-2-4-15(14)13-27/h1-8,11-12H,9-10,13H2,(H,26,28). The number of carbonyl (C=O) groups excluding carboxylic acids is 1. The van der Waals surface area contributed by atoms with Crippen molar-refractivity contribution in [3.8, 4) is 0 Å². The van der Waals surface area contributed by atoms with E-state index in [4.69, 9.17) is 11.6 Å². The number of nitrogens with one attached hydrogen (secondary N) is 1. The van der Waals surface area contributed by atoms with Gasteiger partial charge in [-0.25, -0.2) is 17.2 Å². The lowest BCUT2D eigenvalue weighted by Gasteiger charge is -2.28. The normalized spacial score (nSPS) is 14.2. The Hall–Kier alpha value is -2.81. The first-order chi connectivity index (χ1) is 14.8. The topological polar surface area (TPSA) is 66.5 Å². The molecule has 4 rings (SSSR count). The fourth-order valence-electron chi connectivity index (χ4n) is 3.45. The molecule has 1 aliphatic heterocycles. The van der Waals surface area contributed by atoms with E-state index < -0.39 is 27.6 Å². The predicted octanol–water partition coefficient (Wildman–Crippen LogP) is 4.62. The minimum Gasteiger partial charge on any atom is -0.319 e. The van der Waals surface area contributed by atoms with Gasteiger partial charge in [0.1, 0.15) is 11.6 Å². The highest BCUT2D eigenvalue weighted by atomic mass is 35.5. The third kappa shape index (κ3) is 4.32. The Morgan fingerprint density at radius 2 is 1.74 bits per heavy atom. The fraction of sp³-hybridized carbons (Fsp3) is 0.136. The van der Waals surface area contributed by atoms with E-state index in [0.29, 0.717) is 13.0 Å². The van der Waals surface area contributed by atoms with E-state index >= 15 is 0 Å². The third-order valence-corrected chi connectivity index (χ3v) is 7.26. The number of fused-ring (bicyclic) bond motifs is 1. The van der Waals surface area contributed by atoms with Crippen molar-refractivity contribution in [3.63, 3.8) is 0 Å². The zero-order chi connectivity index (χ0) is 22.2. The Morgan fingerprint density at radius 1 is 1.00 bits per heavy atom.